The fraction of sp³-hybridized carbons (Fsp3) is 0.556. The number of rotatable bonds is 1. The van der Waals surface area contributed by atoms with E-state index in [1.807, 2.05) is 6.20 Å². The maximum atomic E-state index is 5.37. The van der Waals surface area contributed by atoms with Gasteiger partial charge in [-0.05, 0) is 12.8 Å². The van der Waals surface area contributed by atoms with Gasteiger partial charge in [0.1, 0.15) is 0 Å². The summed E-state index contributed by atoms with van der Waals surface area (Å²) in [5, 5.41) is 0. The quantitative estimate of drug-likeness (QED) is 0.628. The van der Waals surface area contributed by atoms with Gasteiger partial charge in [0, 0.05) is 31.1 Å². The zero-order valence-corrected chi connectivity index (χ0v) is 6.94. The third-order valence-electron chi connectivity index (χ3n) is 2.16. The Labute approximate surface area is 71.8 Å². The van der Waals surface area contributed by atoms with Crippen LogP contribution in [0.5, 0.6) is 0 Å². The summed E-state index contributed by atoms with van der Waals surface area (Å²) >= 11 is 0. The normalized spacial score (nSPS) is 23.8. The molecule has 1 aliphatic rings. The summed E-state index contributed by atoms with van der Waals surface area (Å²) in [5.74, 6) is 0.465. The molecule has 3 heteroatoms. The van der Waals surface area contributed by atoms with Gasteiger partial charge in [-0.2, -0.15) is 0 Å². The van der Waals surface area contributed by atoms with E-state index in [9.17, 15) is 0 Å². The first kappa shape index (κ1) is 7.68. The highest BCUT2D eigenvalue weighted by Gasteiger charge is 2.16. The Balaban J connectivity index is 2.08. The van der Waals surface area contributed by atoms with Crippen LogP contribution in [0.25, 0.3) is 0 Å². The molecule has 2 rings (SSSR count). The SMILES string of the molecule is c1cnc(C2CCCOC2)cn1. The Bertz CT molecular complexity index is 232. The van der Waals surface area contributed by atoms with Gasteiger partial charge in [0.05, 0.1) is 12.3 Å². The standard InChI is InChI=1S/C9H12N2O/c1-2-8(7-12-5-1)9-6-10-3-4-11-9/h3-4,6,8H,1-2,5,7H2. The van der Waals surface area contributed by atoms with E-state index in [2.05, 4.69) is 9.97 Å². The van der Waals surface area contributed by atoms with Crippen molar-refractivity contribution in [3.05, 3.63) is 24.3 Å². The van der Waals surface area contributed by atoms with E-state index in [0.717, 1.165) is 25.3 Å². The predicted octanol–water partition coefficient (Wildman–Crippen LogP) is 1.37. The summed E-state index contributed by atoms with van der Waals surface area (Å²) in [6.07, 6.45) is 7.59. The van der Waals surface area contributed by atoms with E-state index in [-0.39, 0.29) is 0 Å². The molecular weight excluding hydrogens is 152 g/mol. The maximum absolute atomic E-state index is 5.37. The lowest BCUT2D eigenvalue weighted by atomic mass is 9.99. The molecule has 64 valence electrons. The van der Waals surface area contributed by atoms with Crippen molar-refractivity contribution in [3.63, 3.8) is 0 Å². The number of hydrogen-bond donors (Lipinski definition) is 0. The van der Waals surface area contributed by atoms with E-state index in [1.54, 1.807) is 12.4 Å². The van der Waals surface area contributed by atoms with Crippen molar-refractivity contribution < 1.29 is 4.74 Å². The minimum Gasteiger partial charge on any atom is -0.381 e. The van der Waals surface area contributed by atoms with Gasteiger partial charge in [-0.1, -0.05) is 0 Å². The number of hydrogen-bond acceptors (Lipinski definition) is 3. The Morgan fingerprint density at radius 1 is 1.42 bits per heavy atom. The van der Waals surface area contributed by atoms with E-state index in [1.165, 1.54) is 6.42 Å². The zero-order valence-electron chi connectivity index (χ0n) is 6.94. The highest BCUT2D eigenvalue weighted by molar-refractivity contribution is 5.03. The molecule has 0 spiro atoms. The molecule has 1 saturated heterocycles. The molecule has 0 aromatic carbocycles. The van der Waals surface area contributed by atoms with Crippen LogP contribution in [0.1, 0.15) is 24.5 Å². The Morgan fingerprint density at radius 3 is 3.08 bits per heavy atom. The molecule has 0 saturated carbocycles. The second-order valence-electron chi connectivity index (χ2n) is 3.04. The van der Waals surface area contributed by atoms with Crippen molar-refractivity contribution in [3.8, 4) is 0 Å². The van der Waals surface area contributed by atoms with Crippen LogP contribution >= 0.6 is 0 Å². The van der Waals surface area contributed by atoms with Crippen LogP contribution in [0.15, 0.2) is 18.6 Å². The lowest BCUT2D eigenvalue weighted by Crippen LogP contribution is -2.16. The van der Waals surface area contributed by atoms with Gasteiger partial charge in [0.25, 0.3) is 0 Å². The van der Waals surface area contributed by atoms with Crippen LogP contribution in [0.4, 0.5) is 0 Å². The summed E-state index contributed by atoms with van der Waals surface area (Å²) in [7, 11) is 0. The van der Waals surface area contributed by atoms with Crippen LogP contribution in [-0.4, -0.2) is 23.2 Å². The second-order valence-corrected chi connectivity index (χ2v) is 3.04. The van der Waals surface area contributed by atoms with E-state index < -0.39 is 0 Å². The molecule has 0 aliphatic carbocycles. The van der Waals surface area contributed by atoms with E-state index in [4.69, 9.17) is 4.74 Å². The lowest BCUT2D eigenvalue weighted by Gasteiger charge is -2.20. The van der Waals surface area contributed by atoms with Gasteiger partial charge >= 0.3 is 0 Å². The minimum absolute atomic E-state index is 0.465. The van der Waals surface area contributed by atoms with Crippen LogP contribution in [0.2, 0.25) is 0 Å². The molecule has 1 atom stereocenters. The van der Waals surface area contributed by atoms with E-state index >= 15 is 0 Å². The third-order valence-corrected chi connectivity index (χ3v) is 2.16. The first-order valence-electron chi connectivity index (χ1n) is 4.30. The molecule has 0 amide bonds. The highest BCUT2D eigenvalue weighted by Crippen LogP contribution is 2.22. The smallest absolute Gasteiger partial charge is 0.0640 e. The average molecular weight is 164 g/mol. The Kier molecular flexibility index (Phi) is 2.32. The molecule has 12 heavy (non-hydrogen) atoms. The Hall–Kier alpha value is -0.960. The summed E-state index contributed by atoms with van der Waals surface area (Å²) in [4.78, 5) is 8.30. The molecule has 1 aliphatic heterocycles. The van der Waals surface area contributed by atoms with E-state index in [0.29, 0.717) is 5.92 Å². The van der Waals surface area contributed by atoms with Crippen molar-refractivity contribution in [2.75, 3.05) is 13.2 Å². The number of ether oxygens (including phenoxy) is 1. The largest absolute Gasteiger partial charge is 0.381 e. The molecule has 3 nitrogen and oxygen atoms in total. The average Bonchev–Trinajstić information content (AvgIpc) is 2.21. The van der Waals surface area contributed by atoms with Crippen LogP contribution in [0.3, 0.4) is 0 Å². The van der Waals surface area contributed by atoms with Crippen molar-refractivity contribution >= 4 is 0 Å². The monoisotopic (exact) mass is 164 g/mol. The molecule has 0 bridgehead atoms. The fourth-order valence-corrected chi connectivity index (χ4v) is 1.50. The van der Waals surface area contributed by atoms with Gasteiger partial charge in [0.15, 0.2) is 0 Å². The molecule has 1 aromatic rings. The Morgan fingerprint density at radius 2 is 2.42 bits per heavy atom. The molecule has 1 aromatic heterocycles. The first-order valence-corrected chi connectivity index (χ1v) is 4.30. The lowest BCUT2D eigenvalue weighted by molar-refractivity contribution is 0.0792. The molecular formula is C9H12N2O. The van der Waals surface area contributed by atoms with Crippen molar-refractivity contribution in [2.24, 2.45) is 0 Å². The van der Waals surface area contributed by atoms with Gasteiger partial charge < -0.3 is 4.74 Å². The van der Waals surface area contributed by atoms with Crippen molar-refractivity contribution in [1.29, 1.82) is 0 Å². The molecule has 0 radical (unpaired) electrons. The maximum Gasteiger partial charge on any atom is 0.0640 e. The molecule has 2 heterocycles. The second kappa shape index (κ2) is 3.63. The summed E-state index contributed by atoms with van der Waals surface area (Å²) < 4.78 is 5.37. The van der Waals surface area contributed by atoms with Crippen LogP contribution < -0.4 is 0 Å². The van der Waals surface area contributed by atoms with Gasteiger partial charge in [-0.25, -0.2) is 0 Å². The van der Waals surface area contributed by atoms with Crippen LogP contribution in [0, 0.1) is 0 Å². The van der Waals surface area contributed by atoms with Crippen molar-refractivity contribution in [1.82, 2.24) is 9.97 Å². The predicted molar refractivity (Wildman–Crippen MR) is 44.8 cm³/mol. The highest BCUT2D eigenvalue weighted by atomic mass is 16.5. The molecule has 0 N–H and O–H groups in total. The van der Waals surface area contributed by atoms with Gasteiger partial charge in [0.2, 0.25) is 0 Å². The van der Waals surface area contributed by atoms with Crippen molar-refractivity contribution in [2.45, 2.75) is 18.8 Å². The van der Waals surface area contributed by atoms with Gasteiger partial charge in [-0.3, -0.25) is 9.97 Å². The summed E-state index contributed by atoms with van der Waals surface area (Å²) in [5.41, 5.74) is 1.07. The number of nitrogens with zero attached hydrogens (tertiary/aromatic N) is 2. The fourth-order valence-electron chi connectivity index (χ4n) is 1.50. The summed E-state index contributed by atoms with van der Waals surface area (Å²) in [6, 6.07) is 0. The molecule has 1 unspecified atom stereocenters. The van der Waals surface area contributed by atoms with Gasteiger partial charge in [-0.15, -0.1) is 0 Å². The number of aromatic nitrogens is 2. The molecule has 1 fully saturated rings. The first-order chi connectivity index (χ1) is 5.97. The minimum atomic E-state index is 0.465. The zero-order chi connectivity index (χ0) is 8.23. The van der Waals surface area contributed by atoms with Crippen LogP contribution in [-0.2, 0) is 4.74 Å². The topological polar surface area (TPSA) is 35.0 Å². The summed E-state index contributed by atoms with van der Waals surface area (Å²) in [6.45, 7) is 1.70. The third kappa shape index (κ3) is 1.61.